The van der Waals surface area contributed by atoms with E-state index in [9.17, 15) is 13.2 Å². The molecule has 0 saturated carbocycles. The van der Waals surface area contributed by atoms with Crippen LogP contribution in [0.15, 0.2) is 41.3 Å². The summed E-state index contributed by atoms with van der Waals surface area (Å²) in [6, 6.07) is 9.52. The smallest absolute Gasteiger partial charge is 0.338 e. The number of hydrogen-bond donors (Lipinski definition) is 1. The van der Waals surface area contributed by atoms with E-state index in [1.54, 1.807) is 45.2 Å². The lowest BCUT2D eigenvalue weighted by Gasteiger charge is -2.15. The maximum absolute atomic E-state index is 12.9. The molecule has 2 aromatic rings. The van der Waals surface area contributed by atoms with E-state index in [1.165, 1.54) is 12.1 Å². The Morgan fingerprint density at radius 1 is 1.15 bits per heavy atom. The number of aryl methyl sites for hydroxylation is 1. The Hall–Kier alpha value is -2.54. The van der Waals surface area contributed by atoms with Gasteiger partial charge in [0.1, 0.15) is 5.75 Å². The van der Waals surface area contributed by atoms with Crippen molar-refractivity contribution in [3.8, 4) is 5.75 Å². The summed E-state index contributed by atoms with van der Waals surface area (Å²) in [5.41, 5.74) is 2.13. The molecule has 0 bridgehead atoms. The SMILES string of the molecule is CCOC(=O)c1ccc(C)c(NS(=O)(=O)c2ccc(OC)c(C(C)C)c2)c1. The molecule has 0 spiro atoms. The number of esters is 1. The number of ether oxygens (including phenoxy) is 2. The fourth-order valence-corrected chi connectivity index (χ4v) is 3.76. The molecule has 146 valence electrons. The van der Waals surface area contributed by atoms with Crippen molar-refractivity contribution in [3.63, 3.8) is 0 Å². The van der Waals surface area contributed by atoms with E-state index in [0.29, 0.717) is 17.0 Å². The summed E-state index contributed by atoms with van der Waals surface area (Å²) in [4.78, 5) is 12.1. The van der Waals surface area contributed by atoms with Crippen LogP contribution in [-0.4, -0.2) is 28.1 Å². The molecule has 0 amide bonds. The fourth-order valence-electron chi connectivity index (χ4n) is 2.61. The van der Waals surface area contributed by atoms with E-state index < -0.39 is 16.0 Å². The van der Waals surface area contributed by atoms with Gasteiger partial charge in [-0.15, -0.1) is 0 Å². The van der Waals surface area contributed by atoms with E-state index in [-0.39, 0.29) is 23.0 Å². The number of carbonyl (C=O) groups is 1. The second-order valence-corrected chi connectivity index (χ2v) is 8.10. The van der Waals surface area contributed by atoms with Crippen molar-refractivity contribution in [1.29, 1.82) is 0 Å². The van der Waals surface area contributed by atoms with Crippen molar-refractivity contribution >= 4 is 21.7 Å². The lowest BCUT2D eigenvalue weighted by atomic mass is 10.0. The van der Waals surface area contributed by atoms with Crippen molar-refractivity contribution in [3.05, 3.63) is 53.1 Å². The van der Waals surface area contributed by atoms with Gasteiger partial charge in [0.05, 0.1) is 29.9 Å². The molecule has 0 aromatic heterocycles. The lowest BCUT2D eigenvalue weighted by Crippen LogP contribution is -2.15. The highest BCUT2D eigenvalue weighted by molar-refractivity contribution is 7.92. The van der Waals surface area contributed by atoms with Crippen LogP contribution < -0.4 is 9.46 Å². The van der Waals surface area contributed by atoms with Crippen molar-refractivity contribution < 1.29 is 22.7 Å². The quantitative estimate of drug-likeness (QED) is 0.719. The number of sulfonamides is 1. The Balaban J connectivity index is 2.40. The summed E-state index contributed by atoms with van der Waals surface area (Å²) in [6.07, 6.45) is 0. The second kappa shape index (κ2) is 8.43. The van der Waals surface area contributed by atoms with Gasteiger partial charge < -0.3 is 9.47 Å². The van der Waals surface area contributed by atoms with Crippen molar-refractivity contribution in [2.75, 3.05) is 18.4 Å². The van der Waals surface area contributed by atoms with Gasteiger partial charge in [-0.2, -0.15) is 0 Å². The van der Waals surface area contributed by atoms with Crippen LogP contribution in [-0.2, 0) is 14.8 Å². The first-order chi connectivity index (χ1) is 12.7. The summed E-state index contributed by atoms with van der Waals surface area (Å²) >= 11 is 0. The molecular weight excluding hydrogens is 366 g/mol. The number of methoxy groups -OCH3 is 1. The molecule has 0 aliphatic rings. The zero-order valence-electron chi connectivity index (χ0n) is 16.2. The van der Waals surface area contributed by atoms with Crippen LogP contribution >= 0.6 is 0 Å². The lowest BCUT2D eigenvalue weighted by molar-refractivity contribution is 0.0526. The van der Waals surface area contributed by atoms with Gasteiger partial charge >= 0.3 is 5.97 Å². The Morgan fingerprint density at radius 3 is 2.44 bits per heavy atom. The molecular formula is C20H25NO5S. The monoisotopic (exact) mass is 391 g/mol. The highest BCUT2D eigenvalue weighted by Gasteiger charge is 2.19. The predicted molar refractivity (Wildman–Crippen MR) is 105 cm³/mol. The number of hydrogen-bond acceptors (Lipinski definition) is 5. The van der Waals surface area contributed by atoms with Gasteiger partial charge in [0.25, 0.3) is 10.0 Å². The highest BCUT2D eigenvalue weighted by Crippen LogP contribution is 2.30. The van der Waals surface area contributed by atoms with Gasteiger partial charge in [0.2, 0.25) is 0 Å². The molecule has 0 atom stereocenters. The molecule has 0 heterocycles. The Kier molecular flexibility index (Phi) is 6.49. The summed E-state index contributed by atoms with van der Waals surface area (Å²) in [5.74, 6) is 0.248. The van der Waals surface area contributed by atoms with Crippen LogP contribution in [0.5, 0.6) is 5.75 Å². The van der Waals surface area contributed by atoms with E-state index in [2.05, 4.69) is 4.72 Å². The third-order valence-corrected chi connectivity index (χ3v) is 5.49. The maximum Gasteiger partial charge on any atom is 0.338 e. The Bertz CT molecular complexity index is 935. The Morgan fingerprint density at radius 2 is 1.85 bits per heavy atom. The van der Waals surface area contributed by atoms with Crippen LogP contribution in [0.2, 0.25) is 0 Å². The minimum Gasteiger partial charge on any atom is -0.496 e. The molecule has 0 radical (unpaired) electrons. The molecule has 0 saturated heterocycles. The van der Waals surface area contributed by atoms with Crippen LogP contribution in [0, 0.1) is 6.92 Å². The van der Waals surface area contributed by atoms with Crippen LogP contribution in [0.25, 0.3) is 0 Å². The van der Waals surface area contributed by atoms with Crippen molar-refractivity contribution in [1.82, 2.24) is 0 Å². The van der Waals surface area contributed by atoms with E-state index in [4.69, 9.17) is 9.47 Å². The topological polar surface area (TPSA) is 81.7 Å². The van der Waals surface area contributed by atoms with Gasteiger partial charge in [-0.1, -0.05) is 19.9 Å². The van der Waals surface area contributed by atoms with Crippen LogP contribution in [0.1, 0.15) is 48.2 Å². The van der Waals surface area contributed by atoms with E-state index >= 15 is 0 Å². The van der Waals surface area contributed by atoms with Gasteiger partial charge in [-0.05, 0) is 61.2 Å². The zero-order valence-corrected chi connectivity index (χ0v) is 17.0. The van der Waals surface area contributed by atoms with Gasteiger partial charge in [0.15, 0.2) is 0 Å². The van der Waals surface area contributed by atoms with Crippen LogP contribution in [0.3, 0.4) is 0 Å². The summed E-state index contributed by atoms with van der Waals surface area (Å²) in [5, 5.41) is 0. The predicted octanol–water partition coefficient (Wildman–Crippen LogP) is 4.10. The summed E-state index contributed by atoms with van der Waals surface area (Å²) < 4.78 is 38.6. The molecule has 7 heteroatoms. The first kappa shape index (κ1) is 20.8. The molecule has 0 aliphatic heterocycles. The number of carbonyl (C=O) groups excluding carboxylic acids is 1. The molecule has 2 aromatic carbocycles. The fraction of sp³-hybridized carbons (Fsp3) is 0.350. The summed E-state index contributed by atoms with van der Waals surface area (Å²) in [6.45, 7) is 7.66. The molecule has 2 rings (SSSR count). The molecule has 1 N–H and O–H groups in total. The standard InChI is InChI=1S/C20H25NO5S/c1-6-26-20(22)15-8-7-14(4)18(11-15)21-27(23,24)16-9-10-19(25-5)17(12-16)13(2)3/h7-13,21H,6H2,1-5H3. The first-order valence-electron chi connectivity index (χ1n) is 8.68. The number of benzene rings is 2. The Labute approximate surface area is 160 Å². The molecule has 0 unspecified atom stereocenters. The third-order valence-electron chi connectivity index (χ3n) is 4.13. The minimum absolute atomic E-state index is 0.101. The van der Waals surface area contributed by atoms with E-state index in [1.807, 2.05) is 13.8 Å². The highest BCUT2D eigenvalue weighted by atomic mass is 32.2. The van der Waals surface area contributed by atoms with E-state index in [0.717, 1.165) is 5.56 Å². The molecule has 27 heavy (non-hydrogen) atoms. The number of rotatable bonds is 7. The number of anilines is 1. The third kappa shape index (κ3) is 4.80. The second-order valence-electron chi connectivity index (χ2n) is 6.41. The molecule has 6 nitrogen and oxygen atoms in total. The summed E-state index contributed by atoms with van der Waals surface area (Å²) in [7, 11) is -2.28. The maximum atomic E-state index is 12.9. The average Bonchev–Trinajstić information content (AvgIpc) is 2.62. The normalized spacial score (nSPS) is 11.3. The van der Waals surface area contributed by atoms with Gasteiger partial charge in [-0.25, -0.2) is 13.2 Å². The minimum atomic E-state index is -3.83. The zero-order chi connectivity index (χ0) is 20.2. The molecule has 0 aliphatic carbocycles. The van der Waals surface area contributed by atoms with Crippen molar-refractivity contribution in [2.45, 2.75) is 38.5 Å². The van der Waals surface area contributed by atoms with Gasteiger partial charge in [-0.3, -0.25) is 4.72 Å². The largest absolute Gasteiger partial charge is 0.496 e. The molecule has 0 fully saturated rings. The first-order valence-corrected chi connectivity index (χ1v) is 10.2. The average molecular weight is 391 g/mol. The van der Waals surface area contributed by atoms with Crippen LogP contribution in [0.4, 0.5) is 5.69 Å². The van der Waals surface area contributed by atoms with Crippen molar-refractivity contribution in [2.24, 2.45) is 0 Å². The van der Waals surface area contributed by atoms with Gasteiger partial charge in [0, 0.05) is 0 Å². The number of nitrogens with one attached hydrogen (secondary N) is 1.